The van der Waals surface area contributed by atoms with E-state index >= 15 is 0 Å². The van der Waals surface area contributed by atoms with Crippen LogP contribution in [0.5, 0.6) is 0 Å². The van der Waals surface area contributed by atoms with Gasteiger partial charge in [0.1, 0.15) is 0 Å². The van der Waals surface area contributed by atoms with Gasteiger partial charge >= 0.3 is 5.97 Å². The summed E-state index contributed by atoms with van der Waals surface area (Å²) in [6.45, 7) is 0.758. The average Bonchev–Trinajstić information content (AvgIpc) is 2.66. The molecule has 148 valence electrons. The Morgan fingerprint density at radius 1 is 1.14 bits per heavy atom. The molecule has 0 heterocycles. The minimum atomic E-state index is -3.74. The normalized spacial score (nSPS) is 11.0. The molecule has 0 spiro atoms. The molecule has 28 heavy (non-hydrogen) atoms. The van der Waals surface area contributed by atoms with E-state index in [1.165, 1.54) is 24.3 Å². The van der Waals surface area contributed by atoms with Crippen molar-refractivity contribution in [3.63, 3.8) is 0 Å². The standard InChI is InChI=1S/C18H18N2O7S/c1-13-7-8-14(11-16(13)20(23)24)17(21)12-27-18(22)9-10-19-28(25,26)15-5-3-2-4-6-15/h2-8,11,19H,9-10,12H2,1H3. The number of aryl methyl sites for hydroxylation is 1. The topological polar surface area (TPSA) is 133 Å². The van der Waals surface area contributed by atoms with Gasteiger partial charge in [-0.05, 0) is 19.1 Å². The highest BCUT2D eigenvalue weighted by Gasteiger charge is 2.17. The number of ketones is 1. The third kappa shape index (κ3) is 5.69. The van der Waals surface area contributed by atoms with E-state index in [1.807, 2.05) is 0 Å². The van der Waals surface area contributed by atoms with Crippen LogP contribution in [0.2, 0.25) is 0 Å². The summed E-state index contributed by atoms with van der Waals surface area (Å²) in [5.74, 6) is -1.37. The zero-order valence-corrected chi connectivity index (χ0v) is 15.8. The van der Waals surface area contributed by atoms with Crippen LogP contribution in [0.15, 0.2) is 53.4 Å². The lowest BCUT2D eigenvalue weighted by molar-refractivity contribution is -0.385. The maximum atomic E-state index is 12.0. The summed E-state index contributed by atoms with van der Waals surface area (Å²) in [4.78, 5) is 34.1. The maximum absolute atomic E-state index is 12.0. The first-order chi connectivity index (χ1) is 13.2. The summed E-state index contributed by atoms with van der Waals surface area (Å²) >= 11 is 0. The number of carbonyl (C=O) groups excluding carboxylic acids is 2. The van der Waals surface area contributed by atoms with Gasteiger partial charge in [0.25, 0.3) is 5.69 Å². The van der Waals surface area contributed by atoms with Crippen molar-refractivity contribution in [1.29, 1.82) is 0 Å². The number of Topliss-reactive ketones (excluding diaryl/α,β-unsaturated/α-hetero) is 1. The van der Waals surface area contributed by atoms with Gasteiger partial charge in [-0.1, -0.05) is 30.3 Å². The van der Waals surface area contributed by atoms with Gasteiger partial charge in [0.05, 0.1) is 16.2 Å². The number of nitrogens with one attached hydrogen (secondary N) is 1. The zero-order valence-electron chi connectivity index (χ0n) is 15.0. The first-order valence-electron chi connectivity index (χ1n) is 8.19. The number of ether oxygens (including phenoxy) is 1. The van der Waals surface area contributed by atoms with Gasteiger partial charge in [0.2, 0.25) is 15.8 Å². The Balaban J connectivity index is 1.83. The minimum Gasteiger partial charge on any atom is -0.457 e. The van der Waals surface area contributed by atoms with Gasteiger partial charge in [-0.25, -0.2) is 13.1 Å². The fourth-order valence-corrected chi connectivity index (χ4v) is 3.30. The molecule has 0 bridgehead atoms. The van der Waals surface area contributed by atoms with Gasteiger partial charge in [-0.3, -0.25) is 19.7 Å². The number of nitro benzene ring substituents is 1. The largest absolute Gasteiger partial charge is 0.457 e. The Kier molecular flexibility index (Phi) is 6.96. The summed E-state index contributed by atoms with van der Waals surface area (Å²) < 4.78 is 31.1. The molecule has 0 aliphatic rings. The van der Waals surface area contributed by atoms with E-state index in [4.69, 9.17) is 4.74 Å². The number of hydrogen-bond acceptors (Lipinski definition) is 7. The van der Waals surface area contributed by atoms with Crippen LogP contribution in [-0.2, 0) is 19.6 Å². The number of benzene rings is 2. The van der Waals surface area contributed by atoms with E-state index in [1.54, 1.807) is 25.1 Å². The van der Waals surface area contributed by atoms with Gasteiger partial charge in [-0.15, -0.1) is 0 Å². The highest BCUT2D eigenvalue weighted by atomic mass is 32.2. The number of nitrogens with zero attached hydrogens (tertiary/aromatic N) is 1. The molecule has 2 aromatic rings. The van der Waals surface area contributed by atoms with E-state index in [9.17, 15) is 28.1 Å². The summed E-state index contributed by atoms with van der Waals surface area (Å²) in [5.41, 5.74) is 0.256. The maximum Gasteiger partial charge on any atom is 0.307 e. The summed E-state index contributed by atoms with van der Waals surface area (Å²) in [6, 6.07) is 11.6. The molecule has 0 aliphatic carbocycles. The summed E-state index contributed by atoms with van der Waals surface area (Å²) in [5, 5.41) is 10.9. The lowest BCUT2D eigenvalue weighted by Crippen LogP contribution is -2.27. The second-order valence-electron chi connectivity index (χ2n) is 5.80. The average molecular weight is 406 g/mol. The molecule has 0 aromatic heterocycles. The SMILES string of the molecule is Cc1ccc(C(=O)COC(=O)CCNS(=O)(=O)c2ccccc2)cc1[N+](=O)[O-]. The van der Waals surface area contributed by atoms with E-state index < -0.39 is 33.3 Å². The second kappa shape index (κ2) is 9.20. The molecule has 2 rings (SSSR count). The van der Waals surface area contributed by atoms with Gasteiger partial charge < -0.3 is 4.74 Å². The predicted octanol–water partition coefficient (Wildman–Crippen LogP) is 2.00. The molecule has 0 fully saturated rings. The molecule has 9 nitrogen and oxygen atoms in total. The number of nitro groups is 1. The number of sulfonamides is 1. The van der Waals surface area contributed by atoms with Crippen LogP contribution in [0.1, 0.15) is 22.3 Å². The highest BCUT2D eigenvalue weighted by Crippen LogP contribution is 2.19. The first kappa shape index (κ1) is 21.2. The van der Waals surface area contributed by atoms with Crippen molar-refractivity contribution in [2.24, 2.45) is 0 Å². The molecule has 0 saturated carbocycles. The predicted molar refractivity (Wildman–Crippen MR) is 99.4 cm³/mol. The van der Waals surface area contributed by atoms with E-state index in [-0.39, 0.29) is 29.1 Å². The van der Waals surface area contributed by atoms with Crippen molar-refractivity contribution in [3.8, 4) is 0 Å². The zero-order chi connectivity index (χ0) is 20.7. The van der Waals surface area contributed by atoms with Crippen LogP contribution in [0.25, 0.3) is 0 Å². The van der Waals surface area contributed by atoms with Crippen LogP contribution in [0, 0.1) is 17.0 Å². The fourth-order valence-electron chi connectivity index (χ4n) is 2.25. The fraction of sp³-hybridized carbons (Fsp3) is 0.222. The number of hydrogen-bond donors (Lipinski definition) is 1. The first-order valence-corrected chi connectivity index (χ1v) is 9.67. The third-order valence-electron chi connectivity index (χ3n) is 3.77. The molecule has 0 amide bonds. The van der Waals surface area contributed by atoms with E-state index in [0.29, 0.717) is 5.56 Å². The van der Waals surface area contributed by atoms with Gasteiger partial charge in [-0.2, -0.15) is 0 Å². The summed E-state index contributed by atoms with van der Waals surface area (Å²) in [7, 11) is -3.74. The lowest BCUT2D eigenvalue weighted by atomic mass is 10.1. The molecule has 0 radical (unpaired) electrons. The number of rotatable bonds is 9. The quantitative estimate of drug-likeness (QED) is 0.291. The van der Waals surface area contributed by atoms with Gasteiger partial charge in [0.15, 0.2) is 6.61 Å². The molecule has 0 saturated heterocycles. The summed E-state index contributed by atoms with van der Waals surface area (Å²) in [6.07, 6.45) is -0.270. The van der Waals surface area contributed by atoms with Crippen molar-refractivity contribution in [1.82, 2.24) is 4.72 Å². The monoisotopic (exact) mass is 406 g/mol. The van der Waals surface area contributed by atoms with E-state index in [2.05, 4.69) is 4.72 Å². The van der Waals surface area contributed by atoms with Crippen molar-refractivity contribution in [3.05, 3.63) is 69.8 Å². The molecular formula is C18H18N2O7S. The van der Waals surface area contributed by atoms with Crippen molar-refractivity contribution in [2.45, 2.75) is 18.2 Å². The molecule has 2 aromatic carbocycles. The molecule has 10 heteroatoms. The Labute approximate surface area is 161 Å². The molecule has 0 aliphatic heterocycles. The minimum absolute atomic E-state index is 0.0508. The second-order valence-corrected chi connectivity index (χ2v) is 7.57. The van der Waals surface area contributed by atoms with Crippen LogP contribution < -0.4 is 4.72 Å². The Bertz CT molecular complexity index is 988. The van der Waals surface area contributed by atoms with Crippen LogP contribution in [0.3, 0.4) is 0 Å². The van der Waals surface area contributed by atoms with Crippen molar-refractivity contribution in [2.75, 3.05) is 13.2 Å². The molecular weight excluding hydrogens is 388 g/mol. The Morgan fingerprint density at radius 2 is 1.82 bits per heavy atom. The smallest absolute Gasteiger partial charge is 0.307 e. The Morgan fingerprint density at radius 3 is 2.46 bits per heavy atom. The third-order valence-corrected chi connectivity index (χ3v) is 5.24. The van der Waals surface area contributed by atoms with Crippen molar-refractivity contribution >= 4 is 27.5 Å². The molecule has 0 atom stereocenters. The number of esters is 1. The van der Waals surface area contributed by atoms with Crippen LogP contribution >= 0.6 is 0 Å². The van der Waals surface area contributed by atoms with Crippen LogP contribution in [-0.4, -0.2) is 38.2 Å². The van der Waals surface area contributed by atoms with E-state index in [0.717, 1.165) is 6.07 Å². The van der Waals surface area contributed by atoms with Gasteiger partial charge in [0, 0.05) is 23.7 Å². The molecule has 0 unspecified atom stereocenters. The van der Waals surface area contributed by atoms with Crippen molar-refractivity contribution < 1.29 is 27.7 Å². The lowest BCUT2D eigenvalue weighted by Gasteiger charge is -2.07. The molecule has 1 N–H and O–H groups in total. The Hall–Kier alpha value is -3.11. The number of carbonyl (C=O) groups is 2. The highest BCUT2D eigenvalue weighted by molar-refractivity contribution is 7.89. The van der Waals surface area contributed by atoms with Crippen LogP contribution in [0.4, 0.5) is 5.69 Å².